The lowest BCUT2D eigenvalue weighted by atomic mass is 10.00. The van der Waals surface area contributed by atoms with Gasteiger partial charge >= 0.3 is 5.97 Å². The highest BCUT2D eigenvalue weighted by Crippen LogP contribution is 2.21. The number of hydrogen-bond donors (Lipinski definition) is 0. The number of esters is 1. The van der Waals surface area contributed by atoms with E-state index in [0.717, 1.165) is 5.56 Å². The molecule has 0 bridgehead atoms. The molecular formula is C11H12IN3O2. The highest BCUT2D eigenvalue weighted by Gasteiger charge is 2.26. The second-order valence-electron chi connectivity index (χ2n) is 3.40. The quantitative estimate of drug-likeness (QED) is 0.156. The molecule has 0 radical (unpaired) electrons. The van der Waals surface area contributed by atoms with E-state index in [9.17, 15) is 4.79 Å². The summed E-state index contributed by atoms with van der Waals surface area (Å²) in [5, 5.41) is 3.56. The molecule has 0 aliphatic carbocycles. The molecule has 1 unspecified atom stereocenters. The summed E-state index contributed by atoms with van der Waals surface area (Å²) in [6.45, 7) is 0. The number of azide groups is 1. The van der Waals surface area contributed by atoms with Crippen molar-refractivity contribution in [3.8, 4) is 0 Å². The number of halogens is 1. The SMILES string of the molecule is COC(=O)[C@H](Cc1ccccc1)C(I)N=[N+]=[N-]. The maximum Gasteiger partial charge on any atom is 0.310 e. The van der Waals surface area contributed by atoms with Crippen LogP contribution in [-0.4, -0.2) is 17.1 Å². The molecule has 0 fully saturated rings. The van der Waals surface area contributed by atoms with Crippen LogP contribution >= 0.6 is 22.6 Å². The predicted octanol–water partition coefficient (Wildman–Crippen LogP) is 3.09. The van der Waals surface area contributed by atoms with E-state index in [4.69, 9.17) is 10.3 Å². The fourth-order valence-electron chi connectivity index (χ4n) is 1.44. The van der Waals surface area contributed by atoms with Crippen molar-refractivity contribution in [2.75, 3.05) is 7.11 Å². The van der Waals surface area contributed by atoms with E-state index in [1.54, 1.807) is 0 Å². The summed E-state index contributed by atoms with van der Waals surface area (Å²) in [4.78, 5) is 14.3. The van der Waals surface area contributed by atoms with Gasteiger partial charge in [-0.1, -0.05) is 58.0 Å². The molecule has 6 heteroatoms. The minimum Gasteiger partial charge on any atom is -0.469 e. The number of methoxy groups -OCH3 is 1. The second kappa shape index (κ2) is 7.13. The van der Waals surface area contributed by atoms with Crippen molar-refractivity contribution < 1.29 is 9.53 Å². The van der Waals surface area contributed by atoms with Crippen LogP contribution < -0.4 is 0 Å². The monoisotopic (exact) mass is 345 g/mol. The Hall–Kier alpha value is -1.27. The van der Waals surface area contributed by atoms with Crippen LogP contribution in [0.1, 0.15) is 5.56 Å². The van der Waals surface area contributed by atoms with Gasteiger partial charge in [-0.15, -0.1) is 0 Å². The van der Waals surface area contributed by atoms with Crippen LogP contribution in [0.15, 0.2) is 35.4 Å². The van der Waals surface area contributed by atoms with Crippen molar-refractivity contribution in [3.05, 3.63) is 46.3 Å². The first kappa shape index (κ1) is 13.8. The fraction of sp³-hybridized carbons (Fsp3) is 0.364. The van der Waals surface area contributed by atoms with Gasteiger partial charge in [-0.3, -0.25) is 4.79 Å². The van der Waals surface area contributed by atoms with Gasteiger partial charge in [0.05, 0.1) is 13.0 Å². The van der Waals surface area contributed by atoms with E-state index in [1.807, 2.05) is 52.9 Å². The molecule has 5 nitrogen and oxygen atoms in total. The van der Waals surface area contributed by atoms with Crippen LogP contribution in [0.2, 0.25) is 0 Å². The van der Waals surface area contributed by atoms with E-state index < -0.39 is 9.97 Å². The van der Waals surface area contributed by atoms with Crippen LogP contribution in [-0.2, 0) is 16.0 Å². The molecule has 0 amide bonds. The second-order valence-corrected chi connectivity index (χ2v) is 4.67. The molecule has 1 aromatic carbocycles. The zero-order chi connectivity index (χ0) is 12.7. The molecule has 2 atom stereocenters. The van der Waals surface area contributed by atoms with Crippen molar-refractivity contribution >= 4 is 28.6 Å². The zero-order valence-electron chi connectivity index (χ0n) is 9.28. The van der Waals surface area contributed by atoms with Gasteiger partial charge in [0, 0.05) is 4.91 Å². The first-order valence-electron chi connectivity index (χ1n) is 4.99. The molecule has 0 aliphatic rings. The summed E-state index contributed by atoms with van der Waals surface area (Å²) in [6, 6.07) is 9.56. The van der Waals surface area contributed by atoms with Crippen molar-refractivity contribution in [1.29, 1.82) is 0 Å². The molecule has 0 N–H and O–H groups in total. The summed E-state index contributed by atoms with van der Waals surface area (Å²) in [6.07, 6.45) is 0.500. The number of carbonyl (C=O) groups excluding carboxylic acids is 1. The lowest BCUT2D eigenvalue weighted by Gasteiger charge is -2.16. The lowest BCUT2D eigenvalue weighted by Crippen LogP contribution is -2.26. The Morgan fingerprint density at radius 3 is 2.71 bits per heavy atom. The normalized spacial score (nSPS) is 13.3. The Kier molecular flexibility index (Phi) is 5.79. The molecule has 17 heavy (non-hydrogen) atoms. The number of rotatable bonds is 5. The maximum atomic E-state index is 11.6. The summed E-state index contributed by atoms with van der Waals surface area (Å²) in [5.41, 5.74) is 9.42. The summed E-state index contributed by atoms with van der Waals surface area (Å²) >= 11 is 1.95. The number of benzene rings is 1. The third-order valence-electron chi connectivity index (χ3n) is 2.30. The van der Waals surface area contributed by atoms with E-state index in [0.29, 0.717) is 6.42 Å². The van der Waals surface area contributed by atoms with Crippen molar-refractivity contribution in [2.45, 2.75) is 10.5 Å². The maximum absolute atomic E-state index is 11.6. The van der Waals surface area contributed by atoms with Crippen LogP contribution in [0.4, 0.5) is 0 Å². The van der Waals surface area contributed by atoms with Gasteiger partial charge < -0.3 is 4.74 Å². The highest BCUT2D eigenvalue weighted by molar-refractivity contribution is 14.1. The molecule has 90 valence electrons. The molecule has 0 spiro atoms. The van der Waals surface area contributed by atoms with E-state index in [-0.39, 0.29) is 5.97 Å². The van der Waals surface area contributed by atoms with E-state index in [1.165, 1.54) is 7.11 Å². The third-order valence-corrected chi connectivity index (χ3v) is 3.41. The minimum absolute atomic E-state index is 0.361. The Morgan fingerprint density at radius 2 is 2.18 bits per heavy atom. The van der Waals surface area contributed by atoms with Gasteiger partial charge in [0.15, 0.2) is 0 Å². The molecule has 0 aromatic heterocycles. The number of ether oxygens (including phenoxy) is 1. The summed E-state index contributed by atoms with van der Waals surface area (Å²) in [7, 11) is 1.33. The van der Waals surface area contributed by atoms with Crippen molar-refractivity contribution in [2.24, 2.45) is 11.0 Å². The number of carbonyl (C=O) groups is 1. The van der Waals surface area contributed by atoms with E-state index >= 15 is 0 Å². The Bertz CT molecular complexity index is 418. The third kappa shape index (κ3) is 4.24. The van der Waals surface area contributed by atoms with Gasteiger partial charge in [-0.25, -0.2) is 0 Å². The largest absolute Gasteiger partial charge is 0.469 e. The van der Waals surface area contributed by atoms with Gasteiger partial charge in [0.1, 0.15) is 4.05 Å². The molecule has 0 saturated carbocycles. The van der Waals surface area contributed by atoms with Crippen LogP contribution in [0.5, 0.6) is 0 Å². The van der Waals surface area contributed by atoms with Crippen LogP contribution in [0.3, 0.4) is 0 Å². The molecule has 1 rings (SSSR count). The summed E-state index contributed by atoms with van der Waals surface area (Å²) in [5.74, 6) is -0.820. The lowest BCUT2D eigenvalue weighted by molar-refractivity contribution is -0.145. The number of alkyl halides is 1. The van der Waals surface area contributed by atoms with Gasteiger partial charge in [0.25, 0.3) is 0 Å². The van der Waals surface area contributed by atoms with Crippen LogP contribution in [0.25, 0.3) is 10.4 Å². The molecule has 0 aliphatic heterocycles. The molecular weight excluding hydrogens is 333 g/mol. The Balaban J connectivity index is 2.84. The molecule has 0 heterocycles. The first-order chi connectivity index (χ1) is 8.19. The van der Waals surface area contributed by atoms with Crippen LogP contribution in [0, 0.1) is 5.92 Å². The van der Waals surface area contributed by atoms with E-state index in [2.05, 4.69) is 10.0 Å². The van der Waals surface area contributed by atoms with Crippen molar-refractivity contribution in [3.63, 3.8) is 0 Å². The number of nitrogens with zero attached hydrogens (tertiary/aromatic N) is 3. The van der Waals surface area contributed by atoms with Gasteiger partial charge in [-0.2, -0.15) is 0 Å². The van der Waals surface area contributed by atoms with Gasteiger partial charge in [-0.05, 0) is 17.5 Å². The summed E-state index contributed by atoms with van der Waals surface area (Å²) < 4.78 is 4.27. The fourth-order valence-corrected chi connectivity index (χ4v) is 2.10. The average Bonchev–Trinajstić information content (AvgIpc) is 2.36. The first-order valence-corrected chi connectivity index (χ1v) is 6.23. The zero-order valence-corrected chi connectivity index (χ0v) is 11.4. The Morgan fingerprint density at radius 1 is 1.53 bits per heavy atom. The Labute approximate surface area is 113 Å². The average molecular weight is 345 g/mol. The standard InChI is InChI=1S/C11H12IN3O2/c1-17-11(16)9(10(12)14-15-13)7-8-5-3-2-4-6-8/h2-6,9-10H,7H2,1H3/t9-,10?/m1/s1. The van der Waals surface area contributed by atoms with Gasteiger partial charge in [0.2, 0.25) is 0 Å². The topological polar surface area (TPSA) is 75.1 Å². The number of hydrogen-bond acceptors (Lipinski definition) is 3. The highest BCUT2D eigenvalue weighted by atomic mass is 127. The molecule has 0 saturated heterocycles. The minimum atomic E-state index is -0.459. The molecule has 1 aromatic rings. The predicted molar refractivity (Wildman–Crippen MR) is 72.6 cm³/mol. The smallest absolute Gasteiger partial charge is 0.310 e. The van der Waals surface area contributed by atoms with Crippen molar-refractivity contribution in [1.82, 2.24) is 0 Å².